The van der Waals surface area contributed by atoms with Gasteiger partial charge in [0, 0.05) is 26.2 Å². The third kappa shape index (κ3) is 3.95. The zero-order chi connectivity index (χ0) is 18.7. The Hall–Kier alpha value is -2.22. The maximum Gasteiger partial charge on any atom is 0.286 e. The third-order valence-corrected chi connectivity index (χ3v) is 5.40. The molecule has 0 bridgehead atoms. The van der Waals surface area contributed by atoms with Gasteiger partial charge in [0.1, 0.15) is 11.6 Å². The minimum atomic E-state index is -0.369. The van der Waals surface area contributed by atoms with E-state index in [0.717, 1.165) is 25.7 Å². The van der Waals surface area contributed by atoms with Gasteiger partial charge in [-0.25, -0.2) is 4.68 Å². The van der Waals surface area contributed by atoms with Gasteiger partial charge in [-0.05, 0) is 36.7 Å². The number of piperidine rings is 1. The second kappa shape index (κ2) is 7.99. The van der Waals surface area contributed by atoms with Gasteiger partial charge in [0.15, 0.2) is 0 Å². The van der Waals surface area contributed by atoms with Gasteiger partial charge < -0.3 is 10.2 Å². The minimum Gasteiger partial charge on any atom is -0.378 e. The molecule has 1 fully saturated rings. The maximum atomic E-state index is 12.1. The summed E-state index contributed by atoms with van der Waals surface area (Å²) in [5.41, 5.74) is 2.91. The van der Waals surface area contributed by atoms with Crippen molar-refractivity contribution in [2.24, 2.45) is 7.05 Å². The first-order valence-electron chi connectivity index (χ1n) is 8.72. The van der Waals surface area contributed by atoms with Crippen LogP contribution in [0.1, 0.15) is 29.0 Å². The normalized spacial score (nSPS) is 20.5. The number of nitrogens with one attached hydrogen (secondary N) is 1. The number of aryl methyl sites for hydroxylation is 1. The first-order valence-corrected chi connectivity index (χ1v) is 9.54. The van der Waals surface area contributed by atoms with Crippen molar-refractivity contribution in [2.45, 2.75) is 24.5 Å². The van der Waals surface area contributed by atoms with E-state index in [0.29, 0.717) is 11.6 Å². The molecule has 1 aromatic carbocycles. The van der Waals surface area contributed by atoms with Crippen LogP contribution >= 0.6 is 9.24 Å². The second-order valence-electron chi connectivity index (χ2n) is 6.91. The average Bonchev–Trinajstić information content (AvgIpc) is 2.65. The molecular weight excluding hydrogens is 345 g/mol. The van der Waals surface area contributed by atoms with Crippen LogP contribution in [0.5, 0.6) is 0 Å². The van der Waals surface area contributed by atoms with Gasteiger partial charge in [0.25, 0.3) is 5.56 Å². The lowest BCUT2D eigenvalue weighted by Crippen LogP contribution is -2.44. The van der Waals surface area contributed by atoms with E-state index >= 15 is 0 Å². The molecule has 2 aromatic rings. The van der Waals surface area contributed by atoms with Crippen LogP contribution in [0, 0.1) is 11.3 Å². The van der Waals surface area contributed by atoms with Crippen molar-refractivity contribution in [3.8, 4) is 6.07 Å². The molecule has 26 heavy (non-hydrogen) atoms. The number of nitriles is 1. The second-order valence-corrected chi connectivity index (χ2v) is 7.32. The summed E-state index contributed by atoms with van der Waals surface area (Å²) in [7, 11) is 6.40. The molecule has 1 aliphatic rings. The molecule has 1 N–H and O–H groups in total. The van der Waals surface area contributed by atoms with Crippen molar-refractivity contribution >= 4 is 14.9 Å². The topological polar surface area (TPSA) is 74.0 Å². The van der Waals surface area contributed by atoms with E-state index in [2.05, 4.69) is 55.9 Å². The van der Waals surface area contributed by atoms with E-state index in [1.807, 2.05) is 6.07 Å². The number of aromatic nitrogens is 2. The number of likely N-dealkylation sites (tertiary alicyclic amines) is 1. The zero-order valence-corrected chi connectivity index (χ0v) is 16.3. The number of hydrogen-bond acceptors (Lipinski definition) is 5. The van der Waals surface area contributed by atoms with Crippen LogP contribution in [0.3, 0.4) is 0 Å². The monoisotopic (exact) mass is 369 g/mol. The molecule has 0 amide bonds. The Kier molecular flexibility index (Phi) is 5.70. The number of anilines is 1. The zero-order valence-electron chi connectivity index (χ0n) is 15.1. The average molecular weight is 369 g/mol. The molecule has 0 saturated carbocycles. The summed E-state index contributed by atoms with van der Waals surface area (Å²) >= 11 is 0. The Balaban J connectivity index is 1.80. The quantitative estimate of drug-likeness (QED) is 0.834. The predicted molar refractivity (Wildman–Crippen MR) is 106 cm³/mol. The summed E-state index contributed by atoms with van der Waals surface area (Å²) in [4.78, 5) is 14.4. The van der Waals surface area contributed by atoms with Crippen molar-refractivity contribution in [1.29, 1.82) is 5.26 Å². The fraction of sp³-hybridized carbons (Fsp3) is 0.421. The van der Waals surface area contributed by atoms with Gasteiger partial charge in [-0.15, -0.1) is 9.24 Å². The summed E-state index contributed by atoms with van der Waals surface area (Å²) in [6, 6.07) is 10.9. The summed E-state index contributed by atoms with van der Waals surface area (Å²) < 4.78 is 1.19. The number of hydrogen-bond donors (Lipinski definition) is 1. The number of rotatable bonds is 4. The summed E-state index contributed by atoms with van der Waals surface area (Å²) in [6.07, 6.45) is 3.48. The van der Waals surface area contributed by atoms with E-state index in [4.69, 9.17) is 0 Å². The van der Waals surface area contributed by atoms with Crippen LogP contribution in [0.2, 0.25) is 0 Å². The van der Waals surface area contributed by atoms with E-state index in [-0.39, 0.29) is 17.2 Å². The van der Waals surface area contributed by atoms with Crippen LogP contribution in [-0.4, -0.2) is 40.9 Å². The molecule has 2 heterocycles. The first-order chi connectivity index (χ1) is 12.5. The molecule has 1 aliphatic heterocycles. The molecule has 0 spiro atoms. The number of benzene rings is 1. The smallest absolute Gasteiger partial charge is 0.286 e. The van der Waals surface area contributed by atoms with Gasteiger partial charge in [-0.2, -0.15) is 10.4 Å². The molecule has 7 heteroatoms. The van der Waals surface area contributed by atoms with Crippen LogP contribution in [0.4, 0.5) is 5.69 Å². The Morgan fingerprint density at radius 1 is 1.31 bits per heavy atom. The highest BCUT2D eigenvalue weighted by atomic mass is 31.0. The number of nitrogens with zero attached hydrogens (tertiary/aromatic N) is 4. The molecule has 3 atom stereocenters. The van der Waals surface area contributed by atoms with Crippen molar-refractivity contribution in [3.05, 3.63) is 57.5 Å². The number of likely N-dealkylation sites (N-methyl/N-ethyl adjacent to an activating group) is 1. The predicted octanol–water partition coefficient (Wildman–Crippen LogP) is 1.93. The van der Waals surface area contributed by atoms with Crippen molar-refractivity contribution in [1.82, 2.24) is 14.7 Å². The Morgan fingerprint density at radius 2 is 2.04 bits per heavy atom. The first kappa shape index (κ1) is 18.6. The third-order valence-electron chi connectivity index (χ3n) is 4.93. The van der Waals surface area contributed by atoms with E-state index in [1.54, 1.807) is 13.2 Å². The van der Waals surface area contributed by atoms with Gasteiger partial charge in [-0.1, -0.05) is 24.3 Å². The van der Waals surface area contributed by atoms with E-state index < -0.39 is 0 Å². The molecule has 0 radical (unpaired) electrons. The molecule has 136 valence electrons. The molecular formula is C19H24N5OP. The van der Waals surface area contributed by atoms with Crippen molar-refractivity contribution in [2.75, 3.05) is 25.5 Å². The summed E-state index contributed by atoms with van der Waals surface area (Å²) in [6.45, 7) is 1.86. The molecule has 1 saturated heterocycles. The van der Waals surface area contributed by atoms with Crippen LogP contribution in [0.15, 0.2) is 35.3 Å². The fourth-order valence-electron chi connectivity index (χ4n) is 3.57. The highest BCUT2D eigenvalue weighted by Crippen LogP contribution is 2.28. The van der Waals surface area contributed by atoms with Gasteiger partial charge in [-0.3, -0.25) is 4.79 Å². The molecule has 0 aliphatic carbocycles. The van der Waals surface area contributed by atoms with Gasteiger partial charge in [0.2, 0.25) is 0 Å². The van der Waals surface area contributed by atoms with Crippen LogP contribution in [-0.2, 0) is 13.2 Å². The fourth-order valence-corrected chi connectivity index (χ4v) is 3.84. The lowest BCUT2D eigenvalue weighted by atomic mass is 9.88. The molecule has 6 nitrogen and oxygen atoms in total. The van der Waals surface area contributed by atoms with E-state index in [1.165, 1.54) is 15.8 Å². The minimum absolute atomic E-state index is 0.122. The van der Waals surface area contributed by atoms with E-state index in [9.17, 15) is 10.1 Å². The summed E-state index contributed by atoms with van der Waals surface area (Å²) in [5.74, 6) is 0.412. The highest BCUT2D eigenvalue weighted by Gasteiger charge is 2.27. The van der Waals surface area contributed by atoms with Gasteiger partial charge in [0.05, 0.1) is 11.9 Å². The van der Waals surface area contributed by atoms with Gasteiger partial charge >= 0.3 is 0 Å². The molecule has 1 aromatic heterocycles. The van der Waals surface area contributed by atoms with Crippen molar-refractivity contribution in [3.63, 3.8) is 0 Å². The highest BCUT2D eigenvalue weighted by molar-refractivity contribution is 7.15. The Morgan fingerprint density at radius 3 is 2.69 bits per heavy atom. The standard InChI is InChI=1S/C19H24N5OP/c1-23-10-15(14-5-3-13(12-26)4-6-14)7-16(11-23)22-18-9-21-24(2)19(25)17(18)8-20/h3-6,9,15-16,22H,7,10-12,26H2,1-2H3. The van der Waals surface area contributed by atoms with Crippen LogP contribution in [0.25, 0.3) is 0 Å². The lowest BCUT2D eigenvalue weighted by Gasteiger charge is -2.36. The van der Waals surface area contributed by atoms with Crippen molar-refractivity contribution < 1.29 is 0 Å². The Bertz CT molecular complexity index is 871. The lowest BCUT2D eigenvalue weighted by molar-refractivity contribution is 0.235. The largest absolute Gasteiger partial charge is 0.378 e. The van der Waals surface area contributed by atoms with Crippen LogP contribution < -0.4 is 10.9 Å². The SMILES string of the molecule is CN1CC(Nc2cnn(C)c(=O)c2C#N)CC(c2ccc(CP)cc2)C1. The Labute approximate surface area is 156 Å². The summed E-state index contributed by atoms with van der Waals surface area (Å²) in [5, 5.41) is 16.8. The molecule has 3 rings (SSSR count). The maximum absolute atomic E-state index is 12.1. The molecule has 3 unspecified atom stereocenters.